The number of nitrogen functional groups attached to an aromatic ring is 1. The van der Waals surface area contributed by atoms with Crippen molar-refractivity contribution in [3.05, 3.63) is 53.1 Å². The van der Waals surface area contributed by atoms with Gasteiger partial charge in [0.15, 0.2) is 5.78 Å². The van der Waals surface area contributed by atoms with Crippen LogP contribution in [0.25, 0.3) is 0 Å². The van der Waals surface area contributed by atoms with Crippen LogP contribution in [0.4, 0.5) is 14.9 Å². The zero-order valence-corrected chi connectivity index (χ0v) is 20.8. The molecule has 13 nitrogen and oxygen atoms in total. The van der Waals surface area contributed by atoms with Crippen LogP contribution in [0, 0.1) is 5.82 Å². The van der Waals surface area contributed by atoms with Crippen molar-refractivity contribution in [3.63, 3.8) is 0 Å². The minimum atomic E-state index is -1.70. The van der Waals surface area contributed by atoms with E-state index in [1.807, 2.05) is 0 Å². The zero-order chi connectivity index (χ0) is 28.4. The standard InChI is InChI=1S/C24H25BFN5O8/c1-2-30-6-7-31(22(34)21(30)33)24(37)29-19(18-16(26)10-14(27)11-28-18)17(32)9-13-8-12-4-3-5-15(23(35)36)20(12)39-25(13)38/h3-5,10-11,13,19,38H,2,6-9,27H2,1H3,(H,29,37)(H,35,36)/t13-,19?/m1/s1. The smallest absolute Gasteiger partial charge is 0.526 e. The average Bonchev–Trinajstić information content (AvgIpc) is 2.89. The maximum atomic E-state index is 14.8. The van der Waals surface area contributed by atoms with Crippen LogP contribution < -0.4 is 15.7 Å². The number of pyridine rings is 1. The summed E-state index contributed by atoms with van der Waals surface area (Å²) in [6.07, 6.45) is 0.695. The Morgan fingerprint density at radius 2 is 2.03 bits per heavy atom. The molecule has 39 heavy (non-hydrogen) atoms. The molecule has 1 saturated heterocycles. The number of aromatic nitrogens is 1. The summed E-state index contributed by atoms with van der Waals surface area (Å²) in [5.41, 5.74) is 5.34. The predicted octanol–water partition coefficient (Wildman–Crippen LogP) is 0.388. The summed E-state index contributed by atoms with van der Waals surface area (Å²) in [5, 5.41) is 22.2. The number of halogens is 1. The number of carbonyl (C=O) groups excluding carboxylic acids is 4. The molecule has 0 radical (unpaired) electrons. The first-order chi connectivity index (χ1) is 18.5. The number of aromatic carboxylic acids is 1. The van der Waals surface area contributed by atoms with Gasteiger partial charge < -0.3 is 30.7 Å². The van der Waals surface area contributed by atoms with E-state index in [-0.39, 0.29) is 43.1 Å². The number of ketones is 1. The molecule has 0 aliphatic carbocycles. The number of carboxylic acid groups (broad SMARTS) is 1. The molecule has 2 aliphatic rings. The molecule has 2 atom stereocenters. The van der Waals surface area contributed by atoms with Crippen LogP contribution in [0.2, 0.25) is 5.82 Å². The summed E-state index contributed by atoms with van der Waals surface area (Å²) in [5.74, 6) is -5.93. The quantitative estimate of drug-likeness (QED) is 0.282. The molecular weight excluding hydrogens is 516 g/mol. The first kappa shape index (κ1) is 27.5. The van der Waals surface area contributed by atoms with Gasteiger partial charge in [-0.3, -0.25) is 24.3 Å². The number of para-hydroxylation sites is 1. The number of anilines is 1. The highest BCUT2D eigenvalue weighted by Gasteiger charge is 2.41. The lowest BCUT2D eigenvalue weighted by atomic mass is 9.64. The molecule has 5 N–H and O–H groups in total. The summed E-state index contributed by atoms with van der Waals surface area (Å²) in [4.78, 5) is 68.4. The second-order valence-electron chi connectivity index (χ2n) is 9.10. The van der Waals surface area contributed by atoms with E-state index < -0.39 is 66.5 Å². The number of carboxylic acids is 1. The highest BCUT2D eigenvalue weighted by molar-refractivity contribution is 6.47. The molecule has 1 aromatic heterocycles. The third-order valence-electron chi connectivity index (χ3n) is 6.60. The van der Waals surface area contributed by atoms with Gasteiger partial charge in [0.1, 0.15) is 23.3 Å². The Bertz CT molecular complexity index is 1360. The summed E-state index contributed by atoms with van der Waals surface area (Å²) in [6.45, 7) is 1.89. The third kappa shape index (κ3) is 5.52. The molecule has 2 aliphatic heterocycles. The van der Waals surface area contributed by atoms with Gasteiger partial charge in [-0.2, -0.15) is 0 Å². The Morgan fingerprint density at radius 3 is 2.69 bits per heavy atom. The number of hydrogen-bond acceptors (Lipinski definition) is 9. The number of likely N-dealkylation sites (N-methyl/N-ethyl adjacent to an activating group) is 1. The molecule has 1 aromatic carbocycles. The van der Waals surface area contributed by atoms with E-state index in [0.717, 1.165) is 12.3 Å². The van der Waals surface area contributed by atoms with E-state index in [4.69, 9.17) is 10.4 Å². The number of carbonyl (C=O) groups is 5. The van der Waals surface area contributed by atoms with Gasteiger partial charge >= 0.3 is 30.9 Å². The Hall–Kier alpha value is -4.53. The Balaban J connectivity index is 1.58. The van der Waals surface area contributed by atoms with E-state index in [0.29, 0.717) is 10.5 Å². The fourth-order valence-corrected chi connectivity index (χ4v) is 4.55. The van der Waals surface area contributed by atoms with Gasteiger partial charge in [0.25, 0.3) is 0 Å². The summed E-state index contributed by atoms with van der Waals surface area (Å²) in [7, 11) is -1.58. The fraction of sp³-hybridized carbons (Fsp3) is 0.333. The molecule has 15 heteroatoms. The van der Waals surface area contributed by atoms with Crippen LogP contribution >= 0.6 is 0 Å². The maximum Gasteiger partial charge on any atom is 0.526 e. The van der Waals surface area contributed by atoms with E-state index in [1.54, 1.807) is 13.0 Å². The normalized spacial score (nSPS) is 17.8. The number of nitrogens with zero attached hydrogens (tertiary/aromatic N) is 3. The van der Waals surface area contributed by atoms with E-state index >= 15 is 0 Å². The van der Waals surface area contributed by atoms with E-state index in [9.17, 15) is 38.5 Å². The van der Waals surface area contributed by atoms with Crippen molar-refractivity contribution in [2.45, 2.75) is 31.6 Å². The van der Waals surface area contributed by atoms with Crippen molar-refractivity contribution in [3.8, 4) is 5.75 Å². The maximum absolute atomic E-state index is 14.8. The molecular formula is C24H25BFN5O8. The van der Waals surface area contributed by atoms with Crippen molar-refractivity contribution in [2.75, 3.05) is 25.4 Å². The molecule has 0 saturated carbocycles. The lowest BCUT2D eigenvalue weighted by Gasteiger charge is -2.33. The second-order valence-corrected chi connectivity index (χ2v) is 9.10. The van der Waals surface area contributed by atoms with Gasteiger partial charge in [0, 0.05) is 37.9 Å². The Kier molecular flexibility index (Phi) is 7.81. The molecule has 4 rings (SSSR count). The molecule has 1 unspecified atom stereocenters. The number of nitrogens with one attached hydrogen (secondary N) is 1. The van der Waals surface area contributed by atoms with Gasteiger partial charge in [0.2, 0.25) is 0 Å². The van der Waals surface area contributed by atoms with Gasteiger partial charge in [-0.25, -0.2) is 14.0 Å². The van der Waals surface area contributed by atoms with Gasteiger partial charge in [-0.15, -0.1) is 0 Å². The minimum Gasteiger partial charge on any atom is -0.535 e. The molecule has 4 amide bonds. The molecule has 3 heterocycles. The number of nitrogens with two attached hydrogens (primary N) is 1. The van der Waals surface area contributed by atoms with Crippen molar-refractivity contribution in [1.82, 2.24) is 20.1 Å². The molecule has 1 fully saturated rings. The van der Waals surface area contributed by atoms with Crippen LogP contribution in [0.15, 0.2) is 30.5 Å². The summed E-state index contributed by atoms with van der Waals surface area (Å²) >= 11 is 0. The zero-order valence-electron chi connectivity index (χ0n) is 20.8. The Morgan fingerprint density at radius 1 is 1.28 bits per heavy atom. The topological polar surface area (TPSA) is 192 Å². The van der Waals surface area contributed by atoms with Crippen LogP contribution in [-0.2, 0) is 20.8 Å². The molecule has 204 valence electrons. The van der Waals surface area contributed by atoms with Gasteiger partial charge in [0.05, 0.1) is 17.4 Å². The van der Waals surface area contributed by atoms with Gasteiger partial charge in [-0.1, -0.05) is 12.1 Å². The van der Waals surface area contributed by atoms with Crippen LogP contribution in [0.3, 0.4) is 0 Å². The van der Waals surface area contributed by atoms with Crippen molar-refractivity contribution < 1.29 is 43.1 Å². The second kappa shape index (κ2) is 11.1. The van der Waals surface area contributed by atoms with Crippen LogP contribution in [0.5, 0.6) is 5.75 Å². The summed E-state index contributed by atoms with van der Waals surface area (Å²) < 4.78 is 20.3. The number of hydrogen-bond donors (Lipinski definition) is 4. The summed E-state index contributed by atoms with van der Waals surface area (Å²) in [6, 6.07) is 2.50. The Labute approximate surface area is 221 Å². The number of fused-ring (bicyclic) bond motifs is 1. The van der Waals surface area contributed by atoms with E-state index in [1.165, 1.54) is 17.0 Å². The fourth-order valence-electron chi connectivity index (χ4n) is 4.55. The molecule has 0 bridgehead atoms. The number of imide groups is 1. The lowest BCUT2D eigenvalue weighted by molar-refractivity contribution is -0.153. The third-order valence-corrected chi connectivity index (χ3v) is 6.60. The number of benzene rings is 1. The monoisotopic (exact) mass is 541 g/mol. The highest BCUT2D eigenvalue weighted by atomic mass is 19.1. The number of Topliss-reactive ketones (excluding diaryl/α,β-unsaturated/α-hetero) is 1. The SMILES string of the molecule is CCN1CCN(C(=O)NC(C(=O)C[C@H]2Cc3cccc(C(=O)O)c3OB2O)c2ncc(N)cc2F)C(=O)C1=O. The first-order valence-corrected chi connectivity index (χ1v) is 12.1. The number of rotatable bonds is 7. The van der Waals surface area contributed by atoms with Crippen LogP contribution in [-0.4, -0.2) is 81.3 Å². The van der Waals surface area contributed by atoms with Gasteiger partial charge in [-0.05, 0) is 25.0 Å². The first-order valence-electron chi connectivity index (χ1n) is 12.1. The predicted molar refractivity (Wildman–Crippen MR) is 133 cm³/mol. The van der Waals surface area contributed by atoms with Crippen molar-refractivity contribution in [2.24, 2.45) is 0 Å². The number of urea groups is 1. The largest absolute Gasteiger partial charge is 0.535 e. The molecule has 2 aromatic rings. The number of piperazine rings is 1. The highest BCUT2D eigenvalue weighted by Crippen LogP contribution is 2.37. The van der Waals surface area contributed by atoms with Crippen LogP contribution in [0.1, 0.15) is 41.0 Å². The number of amides is 4. The van der Waals surface area contributed by atoms with Crippen molar-refractivity contribution >= 4 is 42.4 Å². The average molecular weight is 541 g/mol. The van der Waals surface area contributed by atoms with E-state index in [2.05, 4.69) is 10.3 Å². The lowest BCUT2D eigenvalue weighted by Crippen LogP contribution is -2.58. The molecule has 0 spiro atoms. The van der Waals surface area contributed by atoms with Crippen molar-refractivity contribution in [1.29, 1.82) is 0 Å². The minimum absolute atomic E-state index is 0.0216.